The summed E-state index contributed by atoms with van der Waals surface area (Å²) >= 11 is 0. The lowest BCUT2D eigenvalue weighted by Gasteiger charge is -2.39. The third kappa shape index (κ3) is 2.11. The maximum Gasteiger partial charge on any atom is 0.397 e. The highest BCUT2D eigenvalue weighted by Gasteiger charge is 2.68. The predicted octanol–water partition coefficient (Wildman–Crippen LogP) is 1.26. The number of halogens is 3. The molecule has 0 N–H and O–H groups in total. The molecule has 0 unspecified atom stereocenters. The van der Waals surface area contributed by atoms with Gasteiger partial charge in [0.2, 0.25) is 0 Å². The summed E-state index contributed by atoms with van der Waals surface area (Å²) in [5, 5.41) is 1.80. The zero-order chi connectivity index (χ0) is 16.2. The lowest BCUT2D eigenvalue weighted by atomic mass is 9.81. The fourth-order valence-electron chi connectivity index (χ4n) is 3.36. The number of sulfone groups is 1. The van der Waals surface area contributed by atoms with Crippen LogP contribution in [0.1, 0.15) is 23.3 Å². The van der Waals surface area contributed by atoms with Crippen LogP contribution in [0.25, 0.3) is 0 Å². The van der Waals surface area contributed by atoms with E-state index in [-0.39, 0.29) is 24.3 Å². The van der Waals surface area contributed by atoms with E-state index in [1.165, 1.54) is 6.07 Å². The van der Waals surface area contributed by atoms with Crippen LogP contribution >= 0.6 is 0 Å². The van der Waals surface area contributed by atoms with Crippen molar-refractivity contribution in [3.63, 3.8) is 0 Å². The fraction of sp³-hybridized carbons (Fsp3) is 0.667. The van der Waals surface area contributed by atoms with E-state index in [0.717, 1.165) is 11.2 Å². The average Bonchev–Trinajstić information content (AvgIpc) is 3.05. The van der Waals surface area contributed by atoms with Gasteiger partial charge in [-0.3, -0.25) is 4.79 Å². The van der Waals surface area contributed by atoms with Gasteiger partial charge in [-0.15, -0.1) is 0 Å². The van der Waals surface area contributed by atoms with Gasteiger partial charge in [0.25, 0.3) is 5.91 Å². The second kappa shape index (κ2) is 4.71. The Bertz CT molecular complexity index is 686. The number of amides is 1. The number of likely N-dealkylation sites (tertiary alicyclic amines) is 1. The molecule has 1 aromatic rings. The zero-order valence-corrected chi connectivity index (χ0v) is 12.2. The number of hydrogen-bond acceptors (Lipinski definition) is 5. The molecule has 2 fully saturated rings. The normalized spacial score (nSPS) is 31.0. The summed E-state index contributed by atoms with van der Waals surface area (Å²) in [6.45, 7) is -1.13. The molecule has 6 nitrogen and oxygen atoms in total. The van der Waals surface area contributed by atoms with Gasteiger partial charge in [0.15, 0.2) is 15.5 Å². The van der Waals surface area contributed by atoms with Crippen molar-refractivity contribution < 1.29 is 30.9 Å². The topological polar surface area (TPSA) is 80.5 Å². The van der Waals surface area contributed by atoms with Crippen molar-refractivity contribution in [2.45, 2.75) is 24.3 Å². The van der Waals surface area contributed by atoms with E-state index >= 15 is 0 Å². The average molecular weight is 338 g/mol. The number of carbonyl (C=O) groups excluding carboxylic acids is 1. The molecule has 0 spiro atoms. The molecule has 3 heterocycles. The molecule has 0 saturated carbocycles. The number of hydrogen-bond donors (Lipinski definition) is 0. The summed E-state index contributed by atoms with van der Waals surface area (Å²) in [6.07, 6.45) is -3.90. The third-order valence-corrected chi connectivity index (χ3v) is 6.79. The summed E-state index contributed by atoms with van der Waals surface area (Å²) in [4.78, 5) is 13.1. The van der Waals surface area contributed by atoms with Gasteiger partial charge in [-0.2, -0.15) is 13.2 Å². The maximum absolute atomic E-state index is 13.6. The predicted molar refractivity (Wildman–Crippen MR) is 67.7 cm³/mol. The van der Waals surface area contributed by atoms with Crippen LogP contribution in [0.4, 0.5) is 13.2 Å². The third-order valence-electron chi connectivity index (χ3n) is 4.47. The minimum absolute atomic E-state index is 0.0513. The minimum Gasteiger partial charge on any atom is -0.364 e. The molecule has 3 rings (SSSR count). The Balaban J connectivity index is 1.99. The Morgan fingerprint density at radius 2 is 2.18 bits per heavy atom. The molecule has 2 aliphatic heterocycles. The molecule has 1 amide bonds. The van der Waals surface area contributed by atoms with Gasteiger partial charge >= 0.3 is 6.18 Å². The number of carbonyl (C=O) groups is 1. The van der Waals surface area contributed by atoms with Crippen LogP contribution in [0.5, 0.6) is 0 Å². The first-order valence-electron chi connectivity index (χ1n) is 6.65. The summed E-state index contributed by atoms with van der Waals surface area (Å²) < 4.78 is 69.4. The molecule has 2 atom stereocenters. The zero-order valence-electron chi connectivity index (χ0n) is 11.3. The second-order valence-corrected chi connectivity index (χ2v) is 7.99. The second-order valence-electron chi connectivity index (χ2n) is 5.68. The standard InChI is InChI=1S/C12H13F3N2O4S/c13-12(14,15)11-3-1-5-22(19,20)9(11)6-17(7-11)10(18)8-2-4-21-16-8/h2,4,9H,1,3,5-7H2/t9-,11-/m1/s1. The van der Waals surface area contributed by atoms with E-state index in [1.807, 2.05) is 0 Å². The monoisotopic (exact) mass is 338 g/mol. The molecule has 0 bridgehead atoms. The van der Waals surface area contributed by atoms with Gasteiger partial charge in [-0.1, -0.05) is 5.16 Å². The first-order chi connectivity index (χ1) is 10.2. The maximum atomic E-state index is 13.6. The molecule has 2 aliphatic rings. The van der Waals surface area contributed by atoms with Crippen molar-refractivity contribution in [1.29, 1.82) is 0 Å². The van der Waals surface area contributed by atoms with Crippen molar-refractivity contribution in [3.05, 3.63) is 18.0 Å². The summed E-state index contributed by atoms with van der Waals surface area (Å²) in [6, 6.07) is 1.24. The fourth-order valence-corrected chi connectivity index (χ4v) is 5.62. The Hall–Kier alpha value is -1.58. The quantitative estimate of drug-likeness (QED) is 0.770. The Kier molecular flexibility index (Phi) is 3.28. The van der Waals surface area contributed by atoms with Gasteiger partial charge in [0.1, 0.15) is 11.7 Å². The SMILES string of the molecule is O=C(c1ccon1)N1C[C@@H]2[C@@](C(F)(F)F)(CCCS2(=O)=O)C1. The first kappa shape index (κ1) is 15.3. The van der Waals surface area contributed by atoms with Crippen molar-refractivity contribution in [2.24, 2.45) is 5.41 Å². The van der Waals surface area contributed by atoms with Crippen LogP contribution in [-0.4, -0.2) is 54.7 Å². The van der Waals surface area contributed by atoms with E-state index in [9.17, 15) is 26.4 Å². The van der Waals surface area contributed by atoms with Crippen LogP contribution < -0.4 is 0 Å². The number of aromatic nitrogens is 1. The van der Waals surface area contributed by atoms with E-state index in [4.69, 9.17) is 0 Å². The van der Waals surface area contributed by atoms with Crippen LogP contribution in [0.3, 0.4) is 0 Å². The molecule has 122 valence electrons. The molecular weight excluding hydrogens is 325 g/mol. The van der Waals surface area contributed by atoms with Crippen LogP contribution in [0.15, 0.2) is 16.9 Å². The van der Waals surface area contributed by atoms with Gasteiger partial charge in [0, 0.05) is 19.2 Å². The van der Waals surface area contributed by atoms with Gasteiger partial charge in [0.05, 0.1) is 11.0 Å². The van der Waals surface area contributed by atoms with E-state index in [0.29, 0.717) is 0 Å². The number of alkyl halides is 3. The molecule has 22 heavy (non-hydrogen) atoms. The molecule has 2 saturated heterocycles. The van der Waals surface area contributed by atoms with Gasteiger partial charge in [-0.25, -0.2) is 8.42 Å². The lowest BCUT2D eigenvalue weighted by Crippen LogP contribution is -2.53. The molecular formula is C12H13F3N2O4S. The van der Waals surface area contributed by atoms with Crippen LogP contribution in [0.2, 0.25) is 0 Å². The van der Waals surface area contributed by atoms with Crippen molar-refractivity contribution in [2.75, 3.05) is 18.8 Å². The van der Waals surface area contributed by atoms with Gasteiger partial charge < -0.3 is 9.42 Å². The van der Waals surface area contributed by atoms with E-state index in [1.54, 1.807) is 0 Å². The van der Waals surface area contributed by atoms with Gasteiger partial charge in [-0.05, 0) is 12.8 Å². The number of rotatable bonds is 1. The van der Waals surface area contributed by atoms with E-state index < -0.39 is 45.7 Å². The number of nitrogens with zero attached hydrogens (tertiary/aromatic N) is 2. The van der Waals surface area contributed by atoms with Crippen molar-refractivity contribution in [3.8, 4) is 0 Å². The minimum atomic E-state index is -4.69. The molecule has 0 radical (unpaired) electrons. The lowest BCUT2D eigenvalue weighted by molar-refractivity contribution is -0.220. The first-order valence-corrected chi connectivity index (χ1v) is 8.37. The Morgan fingerprint density at radius 1 is 1.45 bits per heavy atom. The van der Waals surface area contributed by atoms with Crippen LogP contribution in [-0.2, 0) is 9.84 Å². The molecule has 0 aromatic carbocycles. The molecule has 1 aromatic heterocycles. The molecule has 0 aliphatic carbocycles. The summed E-state index contributed by atoms with van der Waals surface area (Å²) in [5.41, 5.74) is -2.52. The van der Waals surface area contributed by atoms with Crippen LogP contribution in [0, 0.1) is 5.41 Å². The molecule has 10 heteroatoms. The summed E-state index contributed by atoms with van der Waals surface area (Å²) in [7, 11) is -3.89. The largest absolute Gasteiger partial charge is 0.397 e. The number of fused-ring (bicyclic) bond motifs is 1. The highest BCUT2D eigenvalue weighted by atomic mass is 32.2. The van der Waals surface area contributed by atoms with Crippen molar-refractivity contribution in [1.82, 2.24) is 10.1 Å². The highest BCUT2D eigenvalue weighted by Crippen LogP contribution is 2.53. The van der Waals surface area contributed by atoms with E-state index in [2.05, 4.69) is 9.68 Å². The smallest absolute Gasteiger partial charge is 0.364 e. The Labute approximate surface area is 124 Å². The highest BCUT2D eigenvalue weighted by molar-refractivity contribution is 7.92. The Morgan fingerprint density at radius 3 is 2.73 bits per heavy atom. The summed E-state index contributed by atoms with van der Waals surface area (Å²) in [5.74, 6) is -1.02. The van der Waals surface area contributed by atoms with Crippen molar-refractivity contribution >= 4 is 15.7 Å².